The van der Waals surface area contributed by atoms with E-state index in [1.54, 1.807) is 23.9 Å². The molecule has 1 aliphatic rings. The number of methoxy groups -OCH3 is 1. The Balaban J connectivity index is 1.46. The summed E-state index contributed by atoms with van der Waals surface area (Å²) in [4.78, 5) is 17.8. The third kappa shape index (κ3) is 5.12. The van der Waals surface area contributed by atoms with Crippen LogP contribution in [0.25, 0.3) is 0 Å². The van der Waals surface area contributed by atoms with Crippen molar-refractivity contribution in [1.82, 2.24) is 14.8 Å². The van der Waals surface area contributed by atoms with Crippen LogP contribution in [0.2, 0.25) is 10.0 Å². The summed E-state index contributed by atoms with van der Waals surface area (Å²) in [6.45, 7) is 2.12. The molecule has 1 amide bonds. The summed E-state index contributed by atoms with van der Waals surface area (Å²) in [5.41, 5.74) is 3.53. The van der Waals surface area contributed by atoms with Gasteiger partial charge < -0.3 is 20.1 Å². The lowest BCUT2D eigenvalue weighted by Crippen LogP contribution is -2.31. The summed E-state index contributed by atoms with van der Waals surface area (Å²) in [6.07, 6.45) is 1.45. The van der Waals surface area contributed by atoms with E-state index in [0.717, 1.165) is 11.1 Å². The molecule has 3 aromatic carbocycles. The second-order valence-corrected chi connectivity index (χ2v) is 9.18. The lowest BCUT2D eigenvalue weighted by molar-refractivity contribution is -0.113. The zero-order valence-corrected chi connectivity index (χ0v) is 21.5. The van der Waals surface area contributed by atoms with Crippen LogP contribution in [0.15, 0.2) is 84.3 Å². The maximum Gasteiger partial charge on any atom is 0.255 e. The van der Waals surface area contributed by atoms with Gasteiger partial charge in [0.2, 0.25) is 5.95 Å². The number of amides is 1. The van der Waals surface area contributed by atoms with Crippen LogP contribution in [-0.4, -0.2) is 27.8 Å². The third-order valence-corrected chi connectivity index (χ3v) is 6.69. The number of ether oxygens (including phenoxy) is 2. The number of carbonyl (C=O) groups excluding carboxylic acids is 1. The smallest absolute Gasteiger partial charge is 0.255 e. The van der Waals surface area contributed by atoms with Gasteiger partial charge in [0.1, 0.15) is 19.0 Å². The van der Waals surface area contributed by atoms with Gasteiger partial charge in [0, 0.05) is 11.4 Å². The molecule has 1 atom stereocenters. The molecule has 1 aromatic heterocycles. The molecule has 2 heterocycles. The zero-order chi connectivity index (χ0) is 25.9. The molecule has 0 saturated carbocycles. The van der Waals surface area contributed by atoms with Crippen molar-refractivity contribution in [2.45, 2.75) is 19.6 Å². The first-order valence-electron chi connectivity index (χ1n) is 11.4. The fourth-order valence-electron chi connectivity index (χ4n) is 4.18. The zero-order valence-electron chi connectivity index (χ0n) is 20.0. The van der Waals surface area contributed by atoms with E-state index < -0.39 is 6.04 Å². The second kappa shape index (κ2) is 10.5. The molecule has 188 valence electrons. The van der Waals surface area contributed by atoms with Crippen LogP contribution in [0.5, 0.6) is 11.5 Å². The van der Waals surface area contributed by atoms with Crippen LogP contribution >= 0.6 is 23.2 Å². The number of halogens is 2. The van der Waals surface area contributed by atoms with Gasteiger partial charge in [0.25, 0.3) is 5.91 Å². The fraction of sp³-hybridized carbons (Fsp3) is 0.148. The third-order valence-electron chi connectivity index (χ3n) is 5.95. The Hall–Kier alpha value is -4.01. The van der Waals surface area contributed by atoms with Crippen molar-refractivity contribution in [1.29, 1.82) is 0 Å². The number of carbonyl (C=O) groups is 1. The maximum absolute atomic E-state index is 13.5. The minimum Gasteiger partial charge on any atom is -0.493 e. The molecule has 4 aromatic rings. The van der Waals surface area contributed by atoms with E-state index in [1.165, 1.54) is 6.33 Å². The Morgan fingerprint density at radius 3 is 2.62 bits per heavy atom. The molecular formula is C27H23Cl2N5O3. The molecule has 37 heavy (non-hydrogen) atoms. The molecule has 0 aliphatic carbocycles. The standard InChI is InChI=1S/C27H23Cl2N5O3/c1-16-24(26(35)33-19-6-4-3-5-7-19)25(34-27(32-16)30-15-31-34)18-9-11-22(23(13-18)36-2)37-14-17-8-10-20(28)21(29)12-17/h3-13,15,25H,14H2,1-2H3,(H,33,35)(H,30,31,32)/t25-/m1/s1. The molecule has 0 radical (unpaired) electrons. The van der Waals surface area contributed by atoms with Gasteiger partial charge in [-0.25, -0.2) is 4.68 Å². The van der Waals surface area contributed by atoms with E-state index in [9.17, 15) is 4.79 Å². The first-order valence-corrected chi connectivity index (χ1v) is 12.2. The van der Waals surface area contributed by atoms with Gasteiger partial charge in [-0.05, 0) is 54.4 Å². The Morgan fingerprint density at radius 2 is 1.86 bits per heavy atom. The van der Waals surface area contributed by atoms with E-state index in [-0.39, 0.29) is 12.5 Å². The van der Waals surface area contributed by atoms with Gasteiger partial charge in [0.15, 0.2) is 11.5 Å². The van der Waals surface area contributed by atoms with Crippen LogP contribution in [-0.2, 0) is 11.4 Å². The Kier molecular flexibility index (Phi) is 7.03. The summed E-state index contributed by atoms with van der Waals surface area (Å²) in [5.74, 6) is 1.35. The topological polar surface area (TPSA) is 90.3 Å². The monoisotopic (exact) mass is 535 g/mol. The average Bonchev–Trinajstić information content (AvgIpc) is 3.37. The number of anilines is 2. The molecule has 0 spiro atoms. The van der Waals surface area contributed by atoms with Gasteiger partial charge in [-0.3, -0.25) is 4.79 Å². The molecule has 0 saturated heterocycles. The van der Waals surface area contributed by atoms with E-state index in [0.29, 0.717) is 44.5 Å². The Morgan fingerprint density at radius 1 is 1.05 bits per heavy atom. The summed E-state index contributed by atoms with van der Waals surface area (Å²) < 4.78 is 13.3. The molecule has 2 N–H and O–H groups in total. The van der Waals surface area contributed by atoms with Crippen molar-refractivity contribution in [2.24, 2.45) is 0 Å². The van der Waals surface area contributed by atoms with Gasteiger partial charge in [0.05, 0.1) is 22.7 Å². The predicted octanol–water partition coefficient (Wildman–Crippen LogP) is 6.10. The van der Waals surface area contributed by atoms with Crippen molar-refractivity contribution in [2.75, 3.05) is 17.7 Å². The number of para-hydroxylation sites is 1. The number of fused-ring (bicyclic) bond motifs is 1. The number of benzene rings is 3. The van der Waals surface area contributed by atoms with Gasteiger partial charge >= 0.3 is 0 Å². The molecule has 8 nitrogen and oxygen atoms in total. The average molecular weight is 536 g/mol. The van der Waals surface area contributed by atoms with Crippen LogP contribution in [0, 0.1) is 0 Å². The van der Waals surface area contributed by atoms with Crippen LogP contribution in [0.1, 0.15) is 24.1 Å². The van der Waals surface area contributed by atoms with E-state index >= 15 is 0 Å². The van der Waals surface area contributed by atoms with Crippen LogP contribution in [0.3, 0.4) is 0 Å². The van der Waals surface area contributed by atoms with Crippen molar-refractivity contribution >= 4 is 40.7 Å². The summed E-state index contributed by atoms with van der Waals surface area (Å²) in [5, 5.41) is 11.5. The number of nitrogens with one attached hydrogen (secondary N) is 2. The van der Waals surface area contributed by atoms with Crippen molar-refractivity contribution in [3.05, 3.63) is 105 Å². The van der Waals surface area contributed by atoms with E-state index in [4.69, 9.17) is 32.7 Å². The van der Waals surface area contributed by atoms with Gasteiger partial charge in [-0.2, -0.15) is 10.1 Å². The lowest BCUT2D eigenvalue weighted by atomic mass is 9.94. The molecule has 1 aliphatic heterocycles. The highest BCUT2D eigenvalue weighted by molar-refractivity contribution is 6.42. The number of rotatable bonds is 7. The predicted molar refractivity (Wildman–Crippen MR) is 143 cm³/mol. The number of nitrogens with zero attached hydrogens (tertiary/aromatic N) is 3. The highest BCUT2D eigenvalue weighted by atomic mass is 35.5. The fourth-order valence-corrected chi connectivity index (χ4v) is 4.50. The normalized spacial score (nSPS) is 14.5. The molecule has 5 rings (SSSR count). The Labute approximate surface area is 223 Å². The maximum atomic E-state index is 13.5. The van der Waals surface area contributed by atoms with Crippen molar-refractivity contribution in [3.8, 4) is 11.5 Å². The number of aromatic nitrogens is 3. The molecule has 0 bridgehead atoms. The first kappa shape index (κ1) is 24.7. The number of allylic oxidation sites excluding steroid dienone is 1. The lowest BCUT2D eigenvalue weighted by Gasteiger charge is -2.29. The van der Waals surface area contributed by atoms with Gasteiger partial charge in [-0.15, -0.1) is 0 Å². The summed E-state index contributed by atoms with van der Waals surface area (Å²) >= 11 is 12.1. The molecule has 0 fully saturated rings. The minimum absolute atomic E-state index is 0.249. The molecule has 0 unspecified atom stereocenters. The van der Waals surface area contributed by atoms with E-state index in [1.807, 2.05) is 61.5 Å². The van der Waals surface area contributed by atoms with Crippen molar-refractivity contribution in [3.63, 3.8) is 0 Å². The van der Waals surface area contributed by atoms with E-state index in [2.05, 4.69) is 20.7 Å². The summed E-state index contributed by atoms with van der Waals surface area (Å²) in [7, 11) is 1.57. The quantitative estimate of drug-likeness (QED) is 0.297. The highest BCUT2D eigenvalue weighted by Crippen LogP contribution is 2.39. The molecule has 10 heteroatoms. The summed E-state index contributed by atoms with van der Waals surface area (Å²) in [6, 6.07) is 19.6. The largest absolute Gasteiger partial charge is 0.493 e. The number of hydrogen-bond donors (Lipinski definition) is 2. The van der Waals surface area contributed by atoms with Crippen LogP contribution in [0.4, 0.5) is 11.6 Å². The number of hydrogen-bond acceptors (Lipinski definition) is 6. The van der Waals surface area contributed by atoms with Crippen molar-refractivity contribution < 1.29 is 14.3 Å². The Bertz CT molecular complexity index is 1490. The molecular weight excluding hydrogens is 513 g/mol. The second-order valence-electron chi connectivity index (χ2n) is 8.36. The first-order chi connectivity index (χ1) is 17.9. The SMILES string of the molecule is COc1cc([C@@H]2C(C(=O)Nc3ccccc3)=C(C)Nc3ncnn32)ccc1OCc1ccc(Cl)c(Cl)c1. The highest BCUT2D eigenvalue weighted by Gasteiger charge is 2.34. The minimum atomic E-state index is -0.541. The van der Waals surface area contributed by atoms with Gasteiger partial charge in [-0.1, -0.05) is 53.5 Å². The van der Waals surface area contributed by atoms with Crippen LogP contribution < -0.4 is 20.1 Å².